The Hall–Kier alpha value is -4.80. The quantitative estimate of drug-likeness (QED) is 0.220. The van der Waals surface area contributed by atoms with Gasteiger partial charge in [-0.2, -0.15) is 0 Å². The highest BCUT2D eigenvalue weighted by Crippen LogP contribution is 2.35. The number of amides is 1. The number of methoxy groups -OCH3 is 3. The Bertz CT molecular complexity index is 1370. The van der Waals surface area contributed by atoms with Gasteiger partial charge >= 0.3 is 12.1 Å². The first-order chi connectivity index (χ1) is 18.8. The molecule has 1 aliphatic rings. The van der Waals surface area contributed by atoms with Gasteiger partial charge in [-0.05, 0) is 54.3 Å². The van der Waals surface area contributed by atoms with E-state index in [0.29, 0.717) is 36.7 Å². The SMILES string of the molecule is COc1ccc(C[C@H]2COC(=O)[C@@H]2Cc2ccc(OC(=O)Nc3cccc([N+](=O)[O-])c3)c(OC)c2)cc1OC. The largest absolute Gasteiger partial charge is 0.493 e. The highest BCUT2D eigenvalue weighted by atomic mass is 16.6. The van der Waals surface area contributed by atoms with Crippen molar-refractivity contribution >= 4 is 23.4 Å². The summed E-state index contributed by atoms with van der Waals surface area (Å²) in [6, 6.07) is 16.2. The highest BCUT2D eigenvalue weighted by molar-refractivity contribution is 5.87. The third-order valence-corrected chi connectivity index (χ3v) is 6.45. The van der Waals surface area contributed by atoms with Gasteiger partial charge in [0, 0.05) is 18.1 Å². The van der Waals surface area contributed by atoms with E-state index in [1.54, 1.807) is 32.4 Å². The molecule has 11 heteroatoms. The summed E-state index contributed by atoms with van der Waals surface area (Å²) >= 11 is 0. The minimum absolute atomic E-state index is 0.0433. The third kappa shape index (κ3) is 6.56. The zero-order valence-electron chi connectivity index (χ0n) is 21.7. The molecule has 1 aliphatic heterocycles. The van der Waals surface area contributed by atoms with E-state index in [9.17, 15) is 19.7 Å². The Morgan fingerprint density at radius 2 is 1.56 bits per heavy atom. The van der Waals surface area contributed by atoms with Crippen molar-refractivity contribution in [1.82, 2.24) is 0 Å². The minimum atomic E-state index is -0.837. The lowest BCUT2D eigenvalue weighted by Gasteiger charge is -2.17. The first kappa shape index (κ1) is 27.2. The maximum absolute atomic E-state index is 12.6. The number of cyclic esters (lactones) is 1. The first-order valence-corrected chi connectivity index (χ1v) is 12.1. The molecule has 2 atom stereocenters. The number of nitrogens with zero attached hydrogens (tertiary/aromatic N) is 1. The van der Waals surface area contributed by atoms with E-state index in [2.05, 4.69) is 5.32 Å². The number of carbonyl (C=O) groups excluding carboxylic acids is 2. The lowest BCUT2D eigenvalue weighted by molar-refractivity contribution is -0.384. The molecule has 1 heterocycles. The molecule has 0 saturated carbocycles. The molecule has 0 aromatic heterocycles. The Morgan fingerprint density at radius 1 is 0.923 bits per heavy atom. The van der Waals surface area contributed by atoms with Crippen molar-refractivity contribution in [2.45, 2.75) is 12.8 Å². The fraction of sp³-hybridized carbons (Fsp3) is 0.286. The fourth-order valence-electron chi connectivity index (χ4n) is 4.48. The molecule has 0 spiro atoms. The molecule has 0 bridgehead atoms. The molecule has 3 aromatic carbocycles. The second-order valence-electron chi connectivity index (χ2n) is 8.90. The van der Waals surface area contributed by atoms with E-state index >= 15 is 0 Å². The van der Waals surface area contributed by atoms with Crippen molar-refractivity contribution in [3.63, 3.8) is 0 Å². The van der Waals surface area contributed by atoms with Crippen LogP contribution in [-0.2, 0) is 22.4 Å². The van der Waals surface area contributed by atoms with E-state index in [4.69, 9.17) is 23.7 Å². The van der Waals surface area contributed by atoms with Crippen LogP contribution in [0.4, 0.5) is 16.2 Å². The number of ether oxygens (including phenoxy) is 5. The van der Waals surface area contributed by atoms with Crippen LogP contribution < -0.4 is 24.3 Å². The predicted molar refractivity (Wildman–Crippen MR) is 141 cm³/mol. The van der Waals surface area contributed by atoms with Crippen molar-refractivity contribution in [2.24, 2.45) is 11.8 Å². The van der Waals surface area contributed by atoms with Crippen molar-refractivity contribution in [1.29, 1.82) is 0 Å². The monoisotopic (exact) mass is 536 g/mol. The van der Waals surface area contributed by atoms with Crippen LogP contribution in [0.3, 0.4) is 0 Å². The summed E-state index contributed by atoms with van der Waals surface area (Å²) in [5.74, 6) is 1.02. The minimum Gasteiger partial charge on any atom is -0.493 e. The normalized spacial score (nSPS) is 16.2. The Kier molecular flexibility index (Phi) is 8.50. The molecule has 4 rings (SSSR count). The number of nitrogens with one attached hydrogen (secondary N) is 1. The van der Waals surface area contributed by atoms with Gasteiger partial charge in [-0.25, -0.2) is 4.79 Å². The highest BCUT2D eigenvalue weighted by Gasteiger charge is 2.37. The molecule has 0 radical (unpaired) electrons. The lowest BCUT2D eigenvalue weighted by atomic mass is 9.85. The number of nitro benzene ring substituents is 1. The molecule has 204 valence electrons. The maximum Gasteiger partial charge on any atom is 0.417 e. The number of non-ortho nitro benzene ring substituents is 1. The van der Waals surface area contributed by atoms with Crippen LogP contribution in [0.15, 0.2) is 60.7 Å². The van der Waals surface area contributed by atoms with E-state index in [1.807, 2.05) is 18.2 Å². The standard InChI is InChI=1S/C28H28N2O9/c1-35-23-9-7-17(13-25(23)36-2)11-19-16-38-27(31)22(19)12-18-8-10-24(26(14-18)37-3)39-28(32)29-20-5-4-6-21(15-20)30(33)34/h4-10,13-15,19,22H,11-12,16H2,1-3H3,(H,29,32)/t19-,22+/m0/s1. The van der Waals surface area contributed by atoms with Gasteiger partial charge in [0.2, 0.25) is 0 Å². The Balaban J connectivity index is 1.44. The van der Waals surface area contributed by atoms with Gasteiger partial charge in [-0.1, -0.05) is 18.2 Å². The Labute approximate surface area is 224 Å². The molecule has 1 saturated heterocycles. The summed E-state index contributed by atoms with van der Waals surface area (Å²) in [5.41, 5.74) is 1.85. The van der Waals surface area contributed by atoms with E-state index in [1.165, 1.54) is 31.4 Å². The number of hydrogen-bond donors (Lipinski definition) is 1. The molecule has 11 nitrogen and oxygen atoms in total. The zero-order chi connectivity index (χ0) is 27.9. The summed E-state index contributed by atoms with van der Waals surface area (Å²) in [6.07, 6.45) is 0.191. The van der Waals surface area contributed by atoms with Crippen molar-refractivity contribution in [2.75, 3.05) is 33.3 Å². The molecular formula is C28H28N2O9. The van der Waals surface area contributed by atoms with E-state index in [-0.39, 0.29) is 34.9 Å². The zero-order valence-corrected chi connectivity index (χ0v) is 21.7. The van der Waals surface area contributed by atoms with Crippen LogP contribution in [-0.4, -0.2) is 44.9 Å². The van der Waals surface area contributed by atoms with Gasteiger partial charge in [0.1, 0.15) is 0 Å². The number of anilines is 1. The molecule has 3 aromatic rings. The topological polar surface area (TPSA) is 135 Å². The number of rotatable bonds is 10. The van der Waals surface area contributed by atoms with Crippen molar-refractivity contribution in [3.8, 4) is 23.0 Å². The maximum atomic E-state index is 12.6. The number of esters is 1. The third-order valence-electron chi connectivity index (χ3n) is 6.45. The molecule has 1 N–H and O–H groups in total. The van der Waals surface area contributed by atoms with Crippen molar-refractivity contribution in [3.05, 3.63) is 81.9 Å². The van der Waals surface area contributed by atoms with Crippen LogP contribution in [0.5, 0.6) is 23.0 Å². The predicted octanol–water partition coefficient (Wildman–Crippen LogP) is 4.81. The average molecular weight is 537 g/mol. The summed E-state index contributed by atoms with van der Waals surface area (Å²) < 4.78 is 26.9. The summed E-state index contributed by atoms with van der Waals surface area (Å²) in [7, 11) is 4.59. The van der Waals surface area contributed by atoms with Gasteiger partial charge in [0.05, 0.1) is 44.5 Å². The summed E-state index contributed by atoms with van der Waals surface area (Å²) in [6.45, 7) is 0.313. The van der Waals surface area contributed by atoms with Crippen LogP contribution in [0.2, 0.25) is 0 Å². The van der Waals surface area contributed by atoms with E-state index in [0.717, 1.165) is 11.1 Å². The number of hydrogen-bond acceptors (Lipinski definition) is 9. The van der Waals surface area contributed by atoms with Gasteiger partial charge in [-0.3, -0.25) is 20.2 Å². The van der Waals surface area contributed by atoms with Gasteiger partial charge in [0.15, 0.2) is 23.0 Å². The fourth-order valence-corrected chi connectivity index (χ4v) is 4.48. The van der Waals surface area contributed by atoms with E-state index < -0.39 is 11.0 Å². The van der Waals surface area contributed by atoms with Crippen LogP contribution in [0, 0.1) is 22.0 Å². The molecular weight excluding hydrogens is 508 g/mol. The lowest BCUT2D eigenvalue weighted by Crippen LogP contribution is -2.21. The van der Waals surface area contributed by atoms with Crippen LogP contribution in [0.25, 0.3) is 0 Å². The van der Waals surface area contributed by atoms with Crippen LogP contribution >= 0.6 is 0 Å². The first-order valence-electron chi connectivity index (χ1n) is 12.1. The summed E-state index contributed by atoms with van der Waals surface area (Å²) in [4.78, 5) is 35.4. The number of nitro groups is 1. The molecule has 1 amide bonds. The number of benzene rings is 3. The number of carbonyl (C=O) groups is 2. The molecule has 39 heavy (non-hydrogen) atoms. The van der Waals surface area contributed by atoms with Gasteiger partial charge in [0.25, 0.3) is 5.69 Å². The smallest absolute Gasteiger partial charge is 0.417 e. The van der Waals surface area contributed by atoms with Crippen LogP contribution in [0.1, 0.15) is 11.1 Å². The molecule has 0 aliphatic carbocycles. The average Bonchev–Trinajstić information content (AvgIpc) is 3.27. The van der Waals surface area contributed by atoms with Crippen molar-refractivity contribution < 1.29 is 38.2 Å². The second kappa shape index (κ2) is 12.2. The second-order valence-corrected chi connectivity index (χ2v) is 8.90. The van der Waals surface area contributed by atoms with Gasteiger partial charge < -0.3 is 23.7 Å². The van der Waals surface area contributed by atoms with Gasteiger partial charge in [-0.15, -0.1) is 0 Å². The molecule has 1 fully saturated rings. The molecule has 0 unspecified atom stereocenters. The Morgan fingerprint density at radius 3 is 2.23 bits per heavy atom. The summed E-state index contributed by atoms with van der Waals surface area (Å²) in [5, 5.41) is 13.4.